The van der Waals surface area contributed by atoms with Crippen LogP contribution in [-0.2, 0) is 11.3 Å². The van der Waals surface area contributed by atoms with E-state index in [1.165, 1.54) is 0 Å². The molecule has 116 valence electrons. The van der Waals surface area contributed by atoms with Gasteiger partial charge >= 0.3 is 6.09 Å². The molecule has 0 fully saturated rings. The van der Waals surface area contributed by atoms with Crippen molar-refractivity contribution >= 4 is 12.2 Å². The van der Waals surface area contributed by atoms with E-state index in [-0.39, 0.29) is 6.61 Å². The van der Waals surface area contributed by atoms with E-state index in [2.05, 4.69) is 11.4 Å². The van der Waals surface area contributed by atoms with E-state index in [0.29, 0.717) is 12.1 Å². The minimum absolute atomic E-state index is 0.250. The van der Waals surface area contributed by atoms with Crippen molar-refractivity contribution < 1.29 is 9.53 Å². The maximum Gasteiger partial charge on any atom is 0.407 e. The average molecular weight is 306 g/mol. The number of nitrogens with zero attached hydrogens (tertiary/aromatic N) is 1. The number of hydrogen-bond donors (Lipinski definition) is 1. The lowest BCUT2D eigenvalue weighted by Crippen LogP contribution is -2.24. The third-order valence-electron chi connectivity index (χ3n) is 3.37. The van der Waals surface area contributed by atoms with Gasteiger partial charge in [-0.05, 0) is 29.7 Å². The number of nitrogens with one attached hydrogen (secondary N) is 1. The van der Waals surface area contributed by atoms with E-state index in [4.69, 9.17) is 10.00 Å². The molecule has 1 amide bonds. The number of carbonyl (C=O) groups is 1. The van der Waals surface area contributed by atoms with Gasteiger partial charge in [0.15, 0.2) is 0 Å². The lowest BCUT2D eigenvalue weighted by Gasteiger charge is -2.05. The summed E-state index contributed by atoms with van der Waals surface area (Å²) in [6.45, 7) is 2.52. The van der Waals surface area contributed by atoms with Crippen LogP contribution in [0.25, 0.3) is 6.08 Å². The highest BCUT2D eigenvalue weighted by Crippen LogP contribution is 2.14. The second-order valence-electron chi connectivity index (χ2n) is 4.98. The fourth-order valence-electron chi connectivity index (χ4n) is 2.06. The Labute approximate surface area is 136 Å². The standard InChI is InChI=1S/C19H18N2O2/c1-15-17(9-5-10-18(15)13-20)11-6-12-21-19(22)23-14-16-7-3-2-4-8-16/h2-11H,12,14H2,1H3,(H,21,22). The second-order valence-corrected chi connectivity index (χ2v) is 4.98. The van der Waals surface area contributed by atoms with Crippen molar-refractivity contribution in [2.75, 3.05) is 6.54 Å². The molecule has 0 saturated carbocycles. The molecule has 0 aliphatic heterocycles. The lowest BCUT2D eigenvalue weighted by molar-refractivity contribution is 0.141. The molecular formula is C19H18N2O2. The maximum atomic E-state index is 11.6. The van der Waals surface area contributed by atoms with Gasteiger partial charge in [0.05, 0.1) is 11.6 Å². The highest BCUT2D eigenvalue weighted by molar-refractivity contribution is 5.67. The molecule has 2 aromatic carbocycles. The molecular weight excluding hydrogens is 288 g/mol. The largest absolute Gasteiger partial charge is 0.445 e. The number of alkyl carbamates (subject to hydrolysis) is 1. The highest BCUT2D eigenvalue weighted by atomic mass is 16.5. The summed E-state index contributed by atoms with van der Waals surface area (Å²) in [6, 6.07) is 17.2. The van der Waals surface area contributed by atoms with Gasteiger partial charge in [-0.1, -0.05) is 54.6 Å². The number of ether oxygens (including phenoxy) is 1. The monoisotopic (exact) mass is 306 g/mol. The average Bonchev–Trinajstić information content (AvgIpc) is 2.59. The summed E-state index contributed by atoms with van der Waals surface area (Å²) in [5.74, 6) is 0. The van der Waals surface area contributed by atoms with E-state index in [9.17, 15) is 4.79 Å². The van der Waals surface area contributed by atoms with Gasteiger partial charge in [0.1, 0.15) is 6.61 Å². The Kier molecular flexibility index (Phi) is 5.96. The van der Waals surface area contributed by atoms with E-state index < -0.39 is 6.09 Å². The summed E-state index contributed by atoms with van der Waals surface area (Å²) < 4.78 is 5.11. The summed E-state index contributed by atoms with van der Waals surface area (Å²) in [5.41, 5.74) is 3.49. The third kappa shape index (κ3) is 5.01. The van der Waals surface area contributed by atoms with Gasteiger partial charge in [-0.3, -0.25) is 0 Å². The van der Waals surface area contributed by atoms with Crippen LogP contribution < -0.4 is 5.32 Å². The molecule has 0 aliphatic rings. The van der Waals surface area contributed by atoms with Gasteiger partial charge in [-0.2, -0.15) is 5.26 Å². The molecule has 2 aromatic rings. The van der Waals surface area contributed by atoms with Crippen LogP contribution in [0.1, 0.15) is 22.3 Å². The van der Waals surface area contributed by atoms with E-state index in [0.717, 1.165) is 16.7 Å². The van der Waals surface area contributed by atoms with E-state index in [1.54, 1.807) is 6.07 Å². The molecule has 0 unspecified atom stereocenters. The van der Waals surface area contributed by atoms with Crippen molar-refractivity contribution in [2.45, 2.75) is 13.5 Å². The Bertz CT molecular complexity index is 731. The number of hydrogen-bond acceptors (Lipinski definition) is 3. The normalized spacial score (nSPS) is 10.3. The first kappa shape index (κ1) is 16.3. The SMILES string of the molecule is Cc1c(C#N)cccc1C=CCNC(=O)OCc1ccccc1. The number of nitriles is 1. The molecule has 1 N–H and O–H groups in total. The Morgan fingerprint density at radius 1 is 1.22 bits per heavy atom. The number of benzene rings is 2. The molecule has 0 spiro atoms. The summed E-state index contributed by atoms with van der Waals surface area (Å²) in [4.78, 5) is 11.6. The molecule has 2 rings (SSSR count). The molecule has 23 heavy (non-hydrogen) atoms. The first-order valence-electron chi connectivity index (χ1n) is 7.31. The predicted molar refractivity (Wildman–Crippen MR) is 89.6 cm³/mol. The molecule has 0 aliphatic carbocycles. The van der Waals surface area contributed by atoms with Crippen LogP contribution in [0.2, 0.25) is 0 Å². The molecule has 0 bridgehead atoms. The summed E-state index contributed by atoms with van der Waals surface area (Å²) in [7, 11) is 0. The quantitative estimate of drug-likeness (QED) is 0.913. The van der Waals surface area contributed by atoms with Crippen LogP contribution in [0.3, 0.4) is 0 Å². The van der Waals surface area contributed by atoms with Crippen molar-refractivity contribution in [2.24, 2.45) is 0 Å². The highest BCUT2D eigenvalue weighted by Gasteiger charge is 2.01. The third-order valence-corrected chi connectivity index (χ3v) is 3.37. The molecule has 0 radical (unpaired) electrons. The Hall–Kier alpha value is -3.06. The number of rotatable bonds is 5. The zero-order valence-electron chi connectivity index (χ0n) is 13.0. The molecule has 4 nitrogen and oxygen atoms in total. The van der Waals surface area contributed by atoms with Crippen LogP contribution in [0.15, 0.2) is 54.6 Å². The van der Waals surface area contributed by atoms with Crippen LogP contribution in [-0.4, -0.2) is 12.6 Å². The summed E-state index contributed by atoms with van der Waals surface area (Å²) in [5, 5.41) is 11.7. The van der Waals surface area contributed by atoms with Gasteiger partial charge in [0.2, 0.25) is 0 Å². The second kappa shape index (κ2) is 8.40. The van der Waals surface area contributed by atoms with Crippen LogP contribution in [0.5, 0.6) is 0 Å². The molecule has 0 aromatic heterocycles. The first-order chi connectivity index (χ1) is 11.2. The lowest BCUT2D eigenvalue weighted by atomic mass is 10.0. The predicted octanol–water partition coefficient (Wildman–Crippen LogP) is 3.81. The maximum absolute atomic E-state index is 11.6. The zero-order chi connectivity index (χ0) is 16.5. The fourth-order valence-corrected chi connectivity index (χ4v) is 2.06. The van der Waals surface area contributed by atoms with Gasteiger partial charge in [-0.25, -0.2) is 4.79 Å². The molecule has 0 heterocycles. The van der Waals surface area contributed by atoms with Crippen molar-refractivity contribution in [3.8, 4) is 6.07 Å². The fraction of sp³-hybridized carbons (Fsp3) is 0.158. The van der Waals surface area contributed by atoms with Crippen LogP contribution in [0.4, 0.5) is 4.79 Å². The van der Waals surface area contributed by atoms with Gasteiger partial charge < -0.3 is 10.1 Å². The minimum atomic E-state index is -0.457. The van der Waals surface area contributed by atoms with Crippen molar-refractivity contribution in [3.05, 3.63) is 76.9 Å². The van der Waals surface area contributed by atoms with Gasteiger partial charge in [-0.15, -0.1) is 0 Å². The Balaban J connectivity index is 1.78. The smallest absolute Gasteiger partial charge is 0.407 e. The van der Waals surface area contributed by atoms with Crippen LogP contribution >= 0.6 is 0 Å². The van der Waals surface area contributed by atoms with Gasteiger partial charge in [0.25, 0.3) is 0 Å². The van der Waals surface area contributed by atoms with Crippen molar-refractivity contribution in [1.82, 2.24) is 5.32 Å². The van der Waals surface area contributed by atoms with Crippen LogP contribution in [0, 0.1) is 18.3 Å². The van der Waals surface area contributed by atoms with Crippen molar-refractivity contribution in [3.63, 3.8) is 0 Å². The summed E-state index contributed by atoms with van der Waals surface area (Å²) in [6.07, 6.45) is 3.25. The number of amides is 1. The first-order valence-corrected chi connectivity index (χ1v) is 7.31. The van der Waals surface area contributed by atoms with Gasteiger partial charge in [0, 0.05) is 6.54 Å². The van der Waals surface area contributed by atoms with E-state index >= 15 is 0 Å². The molecule has 0 saturated heterocycles. The molecule has 0 atom stereocenters. The number of carbonyl (C=O) groups excluding carboxylic acids is 1. The Morgan fingerprint density at radius 2 is 2.00 bits per heavy atom. The topological polar surface area (TPSA) is 62.1 Å². The summed E-state index contributed by atoms with van der Waals surface area (Å²) >= 11 is 0. The van der Waals surface area contributed by atoms with E-state index in [1.807, 2.05) is 61.5 Å². The zero-order valence-corrected chi connectivity index (χ0v) is 13.0. The molecule has 4 heteroatoms. The Morgan fingerprint density at radius 3 is 2.74 bits per heavy atom. The van der Waals surface area contributed by atoms with Crippen molar-refractivity contribution in [1.29, 1.82) is 5.26 Å². The minimum Gasteiger partial charge on any atom is -0.445 e.